The normalized spacial score (nSPS) is 36.5. The van der Waals surface area contributed by atoms with E-state index in [1.54, 1.807) is 0 Å². The smallest absolute Gasteiger partial charge is 0.329 e. The quantitative estimate of drug-likeness (QED) is 0.458. The molecule has 10 nitrogen and oxygen atoms in total. The monoisotopic (exact) mass is 399 g/mol. The molecule has 28 heavy (non-hydrogen) atoms. The predicted molar refractivity (Wildman–Crippen MR) is 91.3 cm³/mol. The summed E-state index contributed by atoms with van der Waals surface area (Å²) in [5.41, 5.74) is -1.79. The number of hydrogen-bond donors (Lipinski definition) is 3. The average Bonchev–Trinajstić information content (AvgIpc) is 3.07. The van der Waals surface area contributed by atoms with Gasteiger partial charge in [0.1, 0.15) is 30.4 Å². The van der Waals surface area contributed by atoms with Crippen molar-refractivity contribution in [2.45, 2.75) is 75.4 Å². The molecular formula is C18H25NO9. The number of carbonyl (C=O) groups is 4. The highest BCUT2D eigenvalue weighted by molar-refractivity contribution is 5.94. The summed E-state index contributed by atoms with van der Waals surface area (Å²) in [5, 5.41) is 21.1. The maximum atomic E-state index is 12.5. The van der Waals surface area contributed by atoms with Gasteiger partial charge in [0.15, 0.2) is 6.04 Å². The largest absolute Gasteiger partial charge is 0.481 e. The van der Waals surface area contributed by atoms with Crippen molar-refractivity contribution in [1.82, 2.24) is 5.32 Å². The molecule has 156 valence electrons. The third-order valence-corrected chi connectivity index (χ3v) is 5.66. The summed E-state index contributed by atoms with van der Waals surface area (Å²) in [7, 11) is 0. The summed E-state index contributed by atoms with van der Waals surface area (Å²) < 4.78 is 17.0. The first-order valence-corrected chi connectivity index (χ1v) is 9.48. The minimum absolute atomic E-state index is 0.0220. The molecule has 0 aliphatic carbocycles. The minimum Gasteiger partial charge on any atom is -0.481 e. The van der Waals surface area contributed by atoms with E-state index in [0.29, 0.717) is 6.42 Å². The molecule has 6 atom stereocenters. The van der Waals surface area contributed by atoms with Crippen molar-refractivity contribution in [2.75, 3.05) is 6.79 Å². The van der Waals surface area contributed by atoms with Crippen LogP contribution < -0.4 is 5.32 Å². The molecule has 1 amide bonds. The Morgan fingerprint density at radius 1 is 1.18 bits per heavy atom. The molecular weight excluding hydrogens is 374 g/mol. The van der Waals surface area contributed by atoms with E-state index in [2.05, 4.69) is 5.32 Å². The summed E-state index contributed by atoms with van der Waals surface area (Å²) in [6.07, 6.45) is -0.0214. The Hall–Kier alpha value is -2.04. The molecule has 0 saturated carbocycles. The summed E-state index contributed by atoms with van der Waals surface area (Å²) >= 11 is 0. The van der Waals surface area contributed by atoms with Gasteiger partial charge in [0.25, 0.3) is 0 Å². The third-order valence-electron chi connectivity index (χ3n) is 5.66. The van der Waals surface area contributed by atoms with Crippen molar-refractivity contribution < 1.29 is 43.6 Å². The summed E-state index contributed by atoms with van der Waals surface area (Å²) in [6.45, 7) is 1.86. The third kappa shape index (κ3) is 3.63. The highest BCUT2D eigenvalue weighted by Gasteiger charge is 2.71. The van der Waals surface area contributed by atoms with Gasteiger partial charge in [-0.3, -0.25) is 14.4 Å². The Morgan fingerprint density at radius 3 is 2.57 bits per heavy atom. The van der Waals surface area contributed by atoms with E-state index >= 15 is 0 Å². The molecule has 0 unspecified atom stereocenters. The van der Waals surface area contributed by atoms with Gasteiger partial charge < -0.3 is 29.7 Å². The molecule has 0 bridgehead atoms. The van der Waals surface area contributed by atoms with Crippen LogP contribution in [0.1, 0.15) is 45.4 Å². The molecule has 3 heterocycles. The van der Waals surface area contributed by atoms with Crippen LogP contribution in [0.5, 0.6) is 0 Å². The molecule has 3 fully saturated rings. The second kappa shape index (κ2) is 8.14. The maximum Gasteiger partial charge on any atom is 0.329 e. The SMILES string of the molecule is CCCCCC(=O)C[C@H]1OCO[C@@H]2[C@H]1O[C@@]1(CC(=O)O)[C@H](C(=O)O)NC(=O)[C@@H]21. The topological polar surface area (TPSA) is 148 Å². The van der Waals surface area contributed by atoms with Gasteiger partial charge in [-0.05, 0) is 6.42 Å². The Labute approximate surface area is 161 Å². The van der Waals surface area contributed by atoms with E-state index in [1.807, 2.05) is 6.92 Å². The van der Waals surface area contributed by atoms with Gasteiger partial charge in [0.2, 0.25) is 5.91 Å². The van der Waals surface area contributed by atoms with Gasteiger partial charge in [0.05, 0.1) is 18.4 Å². The Kier molecular flexibility index (Phi) is 6.01. The molecule has 3 saturated heterocycles. The number of amides is 1. The first kappa shape index (κ1) is 20.7. The van der Waals surface area contributed by atoms with Gasteiger partial charge in [-0.25, -0.2) is 4.79 Å². The molecule has 0 aromatic heterocycles. The molecule has 3 N–H and O–H groups in total. The number of carboxylic acid groups (broad SMARTS) is 2. The van der Waals surface area contributed by atoms with Crippen LogP contribution in [0.2, 0.25) is 0 Å². The second-order valence-electron chi connectivity index (χ2n) is 7.52. The average molecular weight is 399 g/mol. The molecule has 0 aromatic rings. The van der Waals surface area contributed by atoms with Crippen LogP contribution >= 0.6 is 0 Å². The van der Waals surface area contributed by atoms with Gasteiger partial charge in [0, 0.05) is 12.8 Å². The van der Waals surface area contributed by atoms with Gasteiger partial charge >= 0.3 is 11.9 Å². The van der Waals surface area contributed by atoms with Crippen LogP contribution in [-0.4, -0.2) is 70.6 Å². The fourth-order valence-corrected chi connectivity index (χ4v) is 4.45. The Balaban J connectivity index is 1.82. The lowest BCUT2D eigenvalue weighted by molar-refractivity contribution is -0.229. The van der Waals surface area contributed by atoms with Crippen molar-refractivity contribution in [3.05, 3.63) is 0 Å². The van der Waals surface area contributed by atoms with Gasteiger partial charge in [-0.1, -0.05) is 19.8 Å². The summed E-state index contributed by atoms with van der Waals surface area (Å²) in [4.78, 5) is 47.9. The molecule has 3 rings (SSSR count). The first-order valence-electron chi connectivity index (χ1n) is 9.48. The number of fused-ring (bicyclic) bond motifs is 3. The van der Waals surface area contributed by atoms with Crippen LogP contribution in [0.25, 0.3) is 0 Å². The number of Topliss-reactive ketones (excluding diaryl/α,β-unsaturated/α-hetero) is 1. The maximum absolute atomic E-state index is 12.5. The van der Waals surface area contributed by atoms with E-state index in [1.165, 1.54) is 0 Å². The predicted octanol–water partition coefficient (Wildman–Crippen LogP) is 0.0789. The number of nitrogens with one attached hydrogen (secondary N) is 1. The summed E-state index contributed by atoms with van der Waals surface area (Å²) in [5.74, 6) is -4.43. The van der Waals surface area contributed by atoms with Crippen LogP contribution in [0.3, 0.4) is 0 Å². The second-order valence-corrected chi connectivity index (χ2v) is 7.52. The molecule has 3 aliphatic heterocycles. The minimum atomic E-state index is -1.79. The van der Waals surface area contributed by atoms with Crippen molar-refractivity contribution in [2.24, 2.45) is 5.92 Å². The number of rotatable bonds is 9. The first-order chi connectivity index (χ1) is 13.3. The van der Waals surface area contributed by atoms with Crippen LogP contribution in [0.15, 0.2) is 0 Å². The lowest BCUT2D eigenvalue weighted by Crippen LogP contribution is -2.53. The zero-order chi connectivity index (χ0) is 20.5. The highest BCUT2D eigenvalue weighted by atomic mass is 16.7. The standard InChI is InChI=1S/C18H25NO9/c1-2-3-4-5-9(20)6-10-13-14(27-8-26-10)12-16(23)19-15(17(24)25)18(12,28-13)7-11(21)22/h10,12-15H,2-8H2,1H3,(H,19,23)(H,21,22)(H,24,25)/t10-,12-,13+,14+,15+,18-/m1/s1. The van der Waals surface area contributed by atoms with E-state index in [4.69, 9.17) is 14.2 Å². The summed E-state index contributed by atoms with van der Waals surface area (Å²) in [6, 6.07) is -1.52. The van der Waals surface area contributed by atoms with E-state index < -0.39 is 60.1 Å². The Morgan fingerprint density at radius 2 is 1.93 bits per heavy atom. The van der Waals surface area contributed by atoms with E-state index in [0.717, 1.165) is 19.3 Å². The highest BCUT2D eigenvalue weighted by Crippen LogP contribution is 2.49. The number of ether oxygens (including phenoxy) is 3. The zero-order valence-electron chi connectivity index (χ0n) is 15.6. The van der Waals surface area contributed by atoms with E-state index in [-0.39, 0.29) is 19.0 Å². The zero-order valence-corrected chi connectivity index (χ0v) is 15.6. The Bertz CT molecular complexity index is 665. The lowest BCUT2D eigenvalue weighted by Gasteiger charge is -2.34. The van der Waals surface area contributed by atoms with Crippen LogP contribution in [0.4, 0.5) is 0 Å². The van der Waals surface area contributed by atoms with Crippen LogP contribution in [-0.2, 0) is 33.4 Å². The lowest BCUT2D eigenvalue weighted by atomic mass is 9.80. The molecule has 0 aromatic carbocycles. The molecule has 10 heteroatoms. The number of aliphatic carboxylic acids is 2. The number of carboxylic acids is 2. The van der Waals surface area contributed by atoms with E-state index in [9.17, 15) is 29.4 Å². The van der Waals surface area contributed by atoms with Crippen molar-refractivity contribution in [3.63, 3.8) is 0 Å². The fraction of sp³-hybridized carbons (Fsp3) is 0.778. The molecule has 0 radical (unpaired) electrons. The molecule has 0 spiro atoms. The number of carbonyl (C=O) groups excluding carboxylic acids is 2. The van der Waals surface area contributed by atoms with Crippen molar-refractivity contribution in [1.29, 1.82) is 0 Å². The van der Waals surface area contributed by atoms with Crippen LogP contribution in [0, 0.1) is 5.92 Å². The van der Waals surface area contributed by atoms with Crippen molar-refractivity contribution >= 4 is 23.6 Å². The number of ketones is 1. The number of hydrogen-bond acceptors (Lipinski definition) is 7. The molecule has 3 aliphatic rings. The van der Waals surface area contributed by atoms with Gasteiger partial charge in [-0.15, -0.1) is 0 Å². The number of unbranched alkanes of at least 4 members (excludes halogenated alkanes) is 2. The van der Waals surface area contributed by atoms with Crippen molar-refractivity contribution in [3.8, 4) is 0 Å². The van der Waals surface area contributed by atoms with Gasteiger partial charge in [-0.2, -0.15) is 0 Å². The fourth-order valence-electron chi connectivity index (χ4n) is 4.45.